The molecule has 2 atom stereocenters. The summed E-state index contributed by atoms with van der Waals surface area (Å²) in [6.07, 6.45) is 4.87. The number of nitrogens with one attached hydrogen (secondary N) is 2. The highest BCUT2D eigenvalue weighted by Crippen LogP contribution is 2.47. The number of hydrogen-bond donors (Lipinski definition) is 2. The summed E-state index contributed by atoms with van der Waals surface area (Å²) >= 11 is 0. The molecule has 1 aromatic carbocycles. The quantitative estimate of drug-likeness (QED) is 0.569. The Bertz CT molecular complexity index is 838. The summed E-state index contributed by atoms with van der Waals surface area (Å²) in [5, 5.41) is 6.93. The van der Waals surface area contributed by atoms with E-state index in [9.17, 15) is 0 Å². The van der Waals surface area contributed by atoms with E-state index in [4.69, 9.17) is 4.74 Å². The Morgan fingerprint density at radius 2 is 1.83 bits per heavy atom. The average molecular weight is 408 g/mol. The van der Waals surface area contributed by atoms with Gasteiger partial charge >= 0.3 is 0 Å². The first kappa shape index (κ1) is 20.7. The van der Waals surface area contributed by atoms with Crippen LogP contribution in [0.25, 0.3) is 0 Å². The monoisotopic (exact) mass is 407 g/mol. The lowest BCUT2D eigenvalue weighted by Crippen LogP contribution is -2.45. The number of aliphatic imine (C=N–C) groups is 1. The number of pyridine rings is 1. The van der Waals surface area contributed by atoms with E-state index in [1.807, 2.05) is 13.2 Å². The molecule has 1 aliphatic heterocycles. The standard InChI is InChI=1S/C24H33N5O/c1-18-15-29(16-19(2)30-18)22-10-9-20(13-26-22)14-27-23(25-3)28-17-24(11-12-24)21-7-5-4-6-8-21/h4-10,13,18-19H,11-12,14-17H2,1-3H3,(H2,25,27,28). The lowest BCUT2D eigenvalue weighted by molar-refractivity contribution is -0.00545. The molecule has 0 amide bonds. The molecule has 2 fully saturated rings. The Balaban J connectivity index is 1.28. The second-order valence-corrected chi connectivity index (χ2v) is 8.61. The van der Waals surface area contributed by atoms with Crippen molar-refractivity contribution in [1.29, 1.82) is 0 Å². The van der Waals surface area contributed by atoms with Crippen molar-refractivity contribution in [2.75, 3.05) is 31.6 Å². The van der Waals surface area contributed by atoms with Crippen LogP contribution in [-0.2, 0) is 16.7 Å². The number of morpholine rings is 1. The second kappa shape index (κ2) is 9.04. The molecule has 0 radical (unpaired) electrons. The molecule has 30 heavy (non-hydrogen) atoms. The van der Waals surface area contributed by atoms with Gasteiger partial charge in [0.2, 0.25) is 0 Å². The molecular weight excluding hydrogens is 374 g/mol. The number of ether oxygens (including phenoxy) is 1. The Kier molecular flexibility index (Phi) is 6.23. The van der Waals surface area contributed by atoms with Crippen LogP contribution in [0.3, 0.4) is 0 Å². The normalized spacial score (nSPS) is 23.2. The highest BCUT2D eigenvalue weighted by molar-refractivity contribution is 5.79. The molecule has 1 saturated carbocycles. The first-order valence-corrected chi connectivity index (χ1v) is 10.9. The molecule has 2 N–H and O–H groups in total. The Labute approximate surface area is 179 Å². The first-order chi connectivity index (χ1) is 14.6. The third-order valence-electron chi connectivity index (χ3n) is 6.07. The maximum absolute atomic E-state index is 5.82. The average Bonchev–Trinajstić information content (AvgIpc) is 3.55. The number of rotatable bonds is 6. The molecule has 4 rings (SSSR count). The topological polar surface area (TPSA) is 61.8 Å². The minimum atomic E-state index is 0.233. The van der Waals surface area contributed by atoms with E-state index in [0.29, 0.717) is 6.54 Å². The van der Waals surface area contributed by atoms with Gasteiger partial charge in [0.25, 0.3) is 0 Å². The van der Waals surface area contributed by atoms with E-state index in [1.165, 1.54) is 18.4 Å². The van der Waals surface area contributed by atoms with E-state index in [1.54, 1.807) is 0 Å². The van der Waals surface area contributed by atoms with Crippen molar-refractivity contribution in [2.24, 2.45) is 4.99 Å². The minimum absolute atomic E-state index is 0.233. The van der Waals surface area contributed by atoms with Gasteiger partial charge in [0.1, 0.15) is 5.82 Å². The maximum Gasteiger partial charge on any atom is 0.191 e. The van der Waals surface area contributed by atoms with Gasteiger partial charge in [-0.1, -0.05) is 36.4 Å². The van der Waals surface area contributed by atoms with Gasteiger partial charge in [-0.05, 0) is 43.9 Å². The molecule has 0 spiro atoms. The number of nitrogens with zero attached hydrogens (tertiary/aromatic N) is 3. The molecule has 1 aromatic heterocycles. The molecule has 6 heteroatoms. The SMILES string of the molecule is CN=C(NCc1ccc(N2CC(C)OC(C)C2)nc1)NCC1(c2ccccc2)CC1. The molecular formula is C24H33N5O. The fourth-order valence-electron chi connectivity index (χ4n) is 4.24. The molecule has 2 unspecified atom stereocenters. The van der Waals surface area contributed by atoms with E-state index < -0.39 is 0 Å². The summed E-state index contributed by atoms with van der Waals surface area (Å²) in [5.41, 5.74) is 2.81. The highest BCUT2D eigenvalue weighted by Gasteiger charge is 2.44. The number of anilines is 1. The second-order valence-electron chi connectivity index (χ2n) is 8.61. The summed E-state index contributed by atoms with van der Waals surface area (Å²) in [5.74, 6) is 1.85. The molecule has 160 valence electrons. The van der Waals surface area contributed by atoms with Crippen LogP contribution in [0.1, 0.15) is 37.8 Å². The van der Waals surface area contributed by atoms with Gasteiger partial charge < -0.3 is 20.3 Å². The van der Waals surface area contributed by atoms with Crippen LogP contribution in [0.15, 0.2) is 53.7 Å². The Morgan fingerprint density at radius 1 is 1.10 bits per heavy atom. The summed E-state index contributed by atoms with van der Waals surface area (Å²) in [4.78, 5) is 11.4. The number of aromatic nitrogens is 1. The van der Waals surface area contributed by atoms with Crippen LogP contribution in [0.2, 0.25) is 0 Å². The molecule has 2 aromatic rings. The summed E-state index contributed by atoms with van der Waals surface area (Å²) in [7, 11) is 1.82. The summed E-state index contributed by atoms with van der Waals surface area (Å²) in [6.45, 7) is 7.60. The van der Waals surface area contributed by atoms with Gasteiger partial charge in [-0.2, -0.15) is 0 Å². The minimum Gasteiger partial charge on any atom is -0.372 e. The molecule has 1 saturated heterocycles. The van der Waals surface area contributed by atoms with Crippen LogP contribution in [0, 0.1) is 0 Å². The zero-order valence-corrected chi connectivity index (χ0v) is 18.3. The van der Waals surface area contributed by atoms with Gasteiger partial charge in [0.05, 0.1) is 12.2 Å². The van der Waals surface area contributed by atoms with Gasteiger partial charge in [0.15, 0.2) is 5.96 Å². The lowest BCUT2D eigenvalue weighted by atomic mass is 9.96. The van der Waals surface area contributed by atoms with Gasteiger partial charge in [0, 0.05) is 44.8 Å². The van der Waals surface area contributed by atoms with Crippen molar-refractivity contribution in [1.82, 2.24) is 15.6 Å². The van der Waals surface area contributed by atoms with Crippen molar-refractivity contribution in [3.63, 3.8) is 0 Å². The van der Waals surface area contributed by atoms with Gasteiger partial charge in [-0.15, -0.1) is 0 Å². The van der Waals surface area contributed by atoms with Crippen LogP contribution in [-0.4, -0.2) is 49.8 Å². The fraction of sp³-hybridized carbons (Fsp3) is 0.500. The van der Waals surface area contributed by atoms with E-state index >= 15 is 0 Å². The predicted molar refractivity (Wildman–Crippen MR) is 122 cm³/mol. The smallest absolute Gasteiger partial charge is 0.191 e. The van der Waals surface area contributed by atoms with Crippen molar-refractivity contribution in [2.45, 2.75) is 50.9 Å². The van der Waals surface area contributed by atoms with Crippen LogP contribution < -0.4 is 15.5 Å². The zero-order valence-electron chi connectivity index (χ0n) is 18.3. The molecule has 2 aliphatic rings. The fourth-order valence-corrected chi connectivity index (χ4v) is 4.24. The number of guanidine groups is 1. The first-order valence-electron chi connectivity index (χ1n) is 10.9. The van der Waals surface area contributed by atoms with E-state index in [2.05, 4.69) is 81.8 Å². The van der Waals surface area contributed by atoms with Crippen molar-refractivity contribution >= 4 is 11.8 Å². The highest BCUT2D eigenvalue weighted by atomic mass is 16.5. The molecule has 1 aliphatic carbocycles. The van der Waals surface area contributed by atoms with E-state index in [0.717, 1.165) is 37.0 Å². The molecule has 2 heterocycles. The third kappa shape index (κ3) is 4.93. The predicted octanol–water partition coefficient (Wildman–Crippen LogP) is 3.09. The Hall–Kier alpha value is -2.60. The largest absolute Gasteiger partial charge is 0.372 e. The van der Waals surface area contributed by atoms with E-state index in [-0.39, 0.29) is 17.6 Å². The zero-order chi connectivity index (χ0) is 21.0. The number of hydrogen-bond acceptors (Lipinski definition) is 4. The summed E-state index contributed by atoms with van der Waals surface area (Å²) < 4.78 is 5.82. The van der Waals surface area contributed by atoms with Gasteiger partial charge in [-0.25, -0.2) is 4.98 Å². The van der Waals surface area contributed by atoms with Gasteiger partial charge in [-0.3, -0.25) is 4.99 Å². The maximum atomic E-state index is 5.82. The van der Waals surface area contributed by atoms with Crippen LogP contribution in [0.4, 0.5) is 5.82 Å². The third-order valence-corrected chi connectivity index (χ3v) is 6.07. The molecule has 6 nitrogen and oxygen atoms in total. The van der Waals surface area contributed by atoms with Crippen molar-refractivity contribution < 1.29 is 4.74 Å². The summed E-state index contributed by atoms with van der Waals surface area (Å²) in [6, 6.07) is 15.0. The molecule has 0 bridgehead atoms. The van der Waals surface area contributed by atoms with Crippen LogP contribution in [0.5, 0.6) is 0 Å². The van der Waals surface area contributed by atoms with Crippen molar-refractivity contribution in [3.05, 3.63) is 59.8 Å². The van der Waals surface area contributed by atoms with Crippen molar-refractivity contribution in [3.8, 4) is 0 Å². The lowest BCUT2D eigenvalue weighted by Gasteiger charge is -2.36. The van der Waals surface area contributed by atoms with Crippen LogP contribution >= 0.6 is 0 Å². The number of benzene rings is 1. The Morgan fingerprint density at radius 3 is 2.43 bits per heavy atom.